The van der Waals surface area contributed by atoms with Crippen LogP contribution >= 0.6 is 0 Å². The molecule has 0 aliphatic carbocycles. The van der Waals surface area contributed by atoms with Crippen molar-refractivity contribution in [3.63, 3.8) is 0 Å². The van der Waals surface area contributed by atoms with Crippen LogP contribution in [0.2, 0.25) is 0 Å². The van der Waals surface area contributed by atoms with E-state index in [1.807, 2.05) is 35.2 Å². The Hall–Kier alpha value is -1.59. The Bertz CT molecular complexity index is 460. The van der Waals surface area contributed by atoms with Gasteiger partial charge in [0, 0.05) is 26.1 Å². The molecule has 5 nitrogen and oxygen atoms in total. The number of rotatable bonds is 4. The predicted octanol–water partition coefficient (Wildman–Crippen LogP) is 0.998. The van der Waals surface area contributed by atoms with Crippen LogP contribution in [0.25, 0.3) is 0 Å². The van der Waals surface area contributed by atoms with Crippen LogP contribution in [-0.4, -0.2) is 67.7 Å². The Balaban J connectivity index is 1.46. The van der Waals surface area contributed by atoms with Gasteiger partial charge in [-0.15, -0.1) is 0 Å². The maximum atomic E-state index is 12.3. The van der Waals surface area contributed by atoms with E-state index in [1.54, 1.807) is 0 Å². The maximum Gasteiger partial charge on any atom is 0.236 e. The first-order chi connectivity index (χ1) is 10.3. The molecule has 2 aliphatic rings. The quantitative estimate of drug-likeness (QED) is 0.829. The van der Waals surface area contributed by atoms with Gasteiger partial charge in [-0.05, 0) is 12.1 Å². The maximum absolute atomic E-state index is 12.3. The van der Waals surface area contributed by atoms with Crippen molar-refractivity contribution in [2.75, 3.05) is 45.9 Å². The number of carbonyl (C=O) groups is 1. The van der Waals surface area contributed by atoms with E-state index in [2.05, 4.69) is 4.90 Å². The zero-order valence-electron chi connectivity index (χ0n) is 12.2. The molecule has 1 amide bonds. The van der Waals surface area contributed by atoms with E-state index in [0.29, 0.717) is 13.1 Å². The Kier molecular flexibility index (Phi) is 4.72. The second kappa shape index (κ2) is 6.91. The van der Waals surface area contributed by atoms with E-state index in [9.17, 15) is 4.79 Å². The highest BCUT2D eigenvalue weighted by molar-refractivity contribution is 5.78. The number of likely N-dealkylation sites (tertiary alicyclic amines) is 1. The van der Waals surface area contributed by atoms with Crippen LogP contribution in [0.1, 0.15) is 6.42 Å². The topological polar surface area (TPSA) is 42.0 Å². The van der Waals surface area contributed by atoms with Gasteiger partial charge in [-0.25, -0.2) is 0 Å². The number of carbonyl (C=O) groups excluding carboxylic acids is 1. The molecule has 1 aromatic carbocycles. The minimum absolute atomic E-state index is 0.112. The third kappa shape index (κ3) is 3.95. The van der Waals surface area contributed by atoms with E-state index in [1.165, 1.54) is 0 Å². The van der Waals surface area contributed by atoms with Crippen LogP contribution in [-0.2, 0) is 9.53 Å². The number of amides is 1. The minimum atomic E-state index is 0.112. The second-order valence-corrected chi connectivity index (χ2v) is 5.57. The fourth-order valence-corrected chi connectivity index (χ4v) is 2.79. The van der Waals surface area contributed by atoms with Crippen LogP contribution in [0.5, 0.6) is 5.75 Å². The minimum Gasteiger partial charge on any atom is -0.489 e. The lowest BCUT2D eigenvalue weighted by Crippen LogP contribution is -2.44. The standard InChI is InChI=1S/C16H22N2O3/c19-16(13-17-8-10-20-11-9-17)18-7-6-15(12-18)21-14-4-2-1-3-5-14/h1-5,15H,6-13H2/t15-/m0/s1. The molecule has 0 saturated carbocycles. The van der Waals surface area contributed by atoms with Gasteiger partial charge in [0.2, 0.25) is 5.91 Å². The summed E-state index contributed by atoms with van der Waals surface area (Å²) >= 11 is 0. The van der Waals surface area contributed by atoms with Gasteiger partial charge in [0.05, 0.1) is 26.3 Å². The molecule has 2 saturated heterocycles. The van der Waals surface area contributed by atoms with Crippen LogP contribution in [0.15, 0.2) is 30.3 Å². The summed E-state index contributed by atoms with van der Waals surface area (Å²) < 4.78 is 11.2. The molecule has 0 radical (unpaired) electrons. The molecule has 0 unspecified atom stereocenters. The van der Waals surface area contributed by atoms with Crippen molar-refractivity contribution in [2.45, 2.75) is 12.5 Å². The number of benzene rings is 1. The van der Waals surface area contributed by atoms with Crippen molar-refractivity contribution < 1.29 is 14.3 Å². The molecule has 0 bridgehead atoms. The molecule has 2 heterocycles. The van der Waals surface area contributed by atoms with Gasteiger partial charge in [-0.3, -0.25) is 9.69 Å². The van der Waals surface area contributed by atoms with Gasteiger partial charge in [0.15, 0.2) is 0 Å². The zero-order chi connectivity index (χ0) is 14.5. The SMILES string of the molecule is O=C(CN1CCOCC1)N1CC[C@H](Oc2ccccc2)C1. The molecule has 2 fully saturated rings. The Morgan fingerprint density at radius 1 is 1.19 bits per heavy atom. The van der Waals surface area contributed by atoms with Crippen molar-refractivity contribution in [1.82, 2.24) is 9.80 Å². The number of hydrogen-bond donors (Lipinski definition) is 0. The van der Waals surface area contributed by atoms with Crippen molar-refractivity contribution >= 4 is 5.91 Å². The first-order valence-electron chi connectivity index (χ1n) is 7.61. The lowest BCUT2D eigenvalue weighted by molar-refractivity contribution is -0.132. The fourth-order valence-electron chi connectivity index (χ4n) is 2.79. The average molecular weight is 290 g/mol. The van der Waals surface area contributed by atoms with Crippen LogP contribution < -0.4 is 4.74 Å². The van der Waals surface area contributed by atoms with Gasteiger partial charge < -0.3 is 14.4 Å². The van der Waals surface area contributed by atoms with E-state index < -0.39 is 0 Å². The van der Waals surface area contributed by atoms with Crippen molar-refractivity contribution in [3.05, 3.63) is 30.3 Å². The van der Waals surface area contributed by atoms with Gasteiger partial charge in [0.1, 0.15) is 11.9 Å². The van der Waals surface area contributed by atoms with Gasteiger partial charge in [-0.2, -0.15) is 0 Å². The summed E-state index contributed by atoms with van der Waals surface area (Å²) in [6.07, 6.45) is 1.02. The Morgan fingerprint density at radius 3 is 2.71 bits per heavy atom. The highest BCUT2D eigenvalue weighted by Gasteiger charge is 2.28. The highest BCUT2D eigenvalue weighted by Crippen LogP contribution is 2.18. The summed E-state index contributed by atoms with van der Waals surface area (Å²) in [6.45, 7) is 5.15. The third-order valence-corrected chi connectivity index (χ3v) is 4.01. The number of ether oxygens (including phenoxy) is 2. The monoisotopic (exact) mass is 290 g/mol. The molecule has 5 heteroatoms. The summed E-state index contributed by atoms with van der Waals surface area (Å²) in [4.78, 5) is 16.4. The van der Waals surface area contributed by atoms with E-state index >= 15 is 0 Å². The largest absolute Gasteiger partial charge is 0.489 e. The van der Waals surface area contributed by atoms with Gasteiger partial charge in [0.25, 0.3) is 0 Å². The molecule has 2 aliphatic heterocycles. The number of para-hydroxylation sites is 1. The number of nitrogens with zero attached hydrogens (tertiary/aromatic N) is 2. The molecule has 0 spiro atoms. The van der Waals surface area contributed by atoms with Crippen LogP contribution in [0.3, 0.4) is 0 Å². The van der Waals surface area contributed by atoms with Crippen molar-refractivity contribution in [1.29, 1.82) is 0 Å². The first-order valence-corrected chi connectivity index (χ1v) is 7.61. The molecule has 21 heavy (non-hydrogen) atoms. The lowest BCUT2D eigenvalue weighted by atomic mass is 10.3. The van der Waals surface area contributed by atoms with E-state index in [-0.39, 0.29) is 12.0 Å². The van der Waals surface area contributed by atoms with Gasteiger partial charge >= 0.3 is 0 Å². The number of hydrogen-bond acceptors (Lipinski definition) is 4. The zero-order valence-corrected chi connectivity index (χ0v) is 12.2. The lowest BCUT2D eigenvalue weighted by Gasteiger charge is -2.28. The summed E-state index contributed by atoms with van der Waals surface area (Å²) in [6, 6.07) is 9.81. The summed E-state index contributed by atoms with van der Waals surface area (Å²) in [5.41, 5.74) is 0. The second-order valence-electron chi connectivity index (χ2n) is 5.57. The van der Waals surface area contributed by atoms with Crippen LogP contribution in [0.4, 0.5) is 0 Å². The summed E-state index contributed by atoms with van der Waals surface area (Å²) in [5.74, 6) is 1.08. The smallest absolute Gasteiger partial charge is 0.236 e. The number of morpholine rings is 1. The van der Waals surface area contributed by atoms with Gasteiger partial charge in [-0.1, -0.05) is 18.2 Å². The molecular formula is C16H22N2O3. The molecule has 1 atom stereocenters. The molecule has 0 N–H and O–H groups in total. The summed E-state index contributed by atoms with van der Waals surface area (Å²) in [7, 11) is 0. The highest BCUT2D eigenvalue weighted by atomic mass is 16.5. The molecule has 0 aromatic heterocycles. The fraction of sp³-hybridized carbons (Fsp3) is 0.562. The Morgan fingerprint density at radius 2 is 1.95 bits per heavy atom. The molecule has 1 aromatic rings. The van der Waals surface area contributed by atoms with E-state index in [0.717, 1.165) is 45.0 Å². The third-order valence-electron chi connectivity index (χ3n) is 4.01. The van der Waals surface area contributed by atoms with E-state index in [4.69, 9.17) is 9.47 Å². The van der Waals surface area contributed by atoms with Crippen LogP contribution in [0, 0.1) is 0 Å². The predicted molar refractivity (Wildman–Crippen MR) is 79.3 cm³/mol. The molecule has 3 rings (SSSR count). The average Bonchev–Trinajstić information content (AvgIpc) is 2.98. The summed E-state index contributed by atoms with van der Waals surface area (Å²) in [5, 5.41) is 0. The Labute approximate surface area is 125 Å². The van der Waals surface area contributed by atoms with Crippen molar-refractivity contribution in [2.24, 2.45) is 0 Å². The molecular weight excluding hydrogens is 268 g/mol. The molecule has 114 valence electrons. The normalized spacial score (nSPS) is 23.2. The first kappa shape index (κ1) is 14.4. The van der Waals surface area contributed by atoms with Crippen molar-refractivity contribution in [3.8, 4) is 5.75 Å².